The van der Waals surface area contributed by atoms with Crippen molar-refractivity contribution in [2.45, 2.75) is 0 Å². The van der Waals surface area contributed by atoms with Gasteiger partial charge in [-0.3, -0.25) is 4.79 Å². The molecule has 2 aromatic rings. The lowest BCUT2D eigenvalue weighted by atomic mass is 10.2. The van der Waals surface area contributed by atoms with Crippen LogP contribution in [0.5, 0.6) is 17.2 Å². The van der Waals surface area contributed by atoms with Crippen LogP contribution < -0.4 is 5.43 Å². The Bertz CT molecular complexity index is 597. The van der Waals surface area contributed by atoms with Gasteiger partial charge >= 0.3 is 0 Å². The highest BCUT2D eigenvalue weighted by Crippen LogP contribution is 2.35. The molecular weight excluding hydrogens is 250 g/mol. The van der Waals surface area contributed by atoms with E-state index in [1.54, 1.807) is 18.3 Å². The Kier molecular flexibility index (Phi) is 3.37. The van der Waals surface area contributed by atoms with Crippen molar-refractivity contribution < 1.29 is 20.1 Å². The van der Waals surface area contributed by atoms with Crippen molar-refractivity contribution >= 4 is 12.1 Å². The van der Waals surface area contributed by atoms with E-state index in [2.05, 4.69) is 15.5 Å². The van der Waals surface area contributed by atoms with Gasteiger partial charge in [0.05, 0.1) is 11.9 Å². The number of hydrazone groups is 1. The Morgan fingerprint density at radius 3 is 2.53 bits per heavy atom. The quantitative estimate of drug-likeness (QED) is 0.320. The Hall–Kier alpha value is -2.96. The molecule has 98 valence electrons. The molecule has 1 heterocycles. The minimum atomic E-state index is -0.675. The molecule has 0 spiro atoms. The zero-order valence-corrected chi connectivity index (χ0v) is 9.66. The first-order chi connectivity index (χ1) is 9.08. The average molecular weight is 261 g/mol. The van der Waals surface area contributed by atoms with Gasteiger partial charge in [0.1, 0.15) is 0 Å². The molecule has 2 rings (SSSR count). The van der Waals surface area contributed by atoms with Crippen molar-refractivity contribution in [1.82, 2.24) is 10.4 Å². The van der Waals surface area contributed by atoms with E-state index in [1.807, 2.05) is 0 Å². The van der Waals surface area contributed by atoms with Crippen LogP contribution in [-0.4, -0.2) is 32.4 Å². The fourth-order valence-corrected chi connectivity index (χ4v) is 1.38. The van der Waals surface area contributed by atoms with Gasteiger partial charge < -0.3 is 20.3 Å². The summed E-state index contributed by atoms with van der Waals surface area (Å²) >= 11 is 0. The molecule has 0 fully saturated rings. The minimum absolute atomic E-state index is 0.0311. The van der Waals surface area contributed by atoms with Crippen LogP contribution in [-0.2, 0) is 0 Å². The maximum atomic E-state index is 11.6. The van der Waals surface area contributed by atoms with Crippen LogP contribution in [0.4, 0.5) is 0 Å². The second-order valence-electron chi connectivity index (χ2n) is 3.69. The zero-order chi connectivity index (χ0) is 13.8. The Labute approximate surface area is 107 Å². The van der Waals surface area contributed by atoms with Crippen LogP contribution in [0, 0.1) is 0 Å². The number of hydrogen-bond donors (Lipinski definition) is 5. The summed E-state index contributed by atoms with van der Waals surface area (Å²) in [5.74, 6) is -2.48. The number of aromatic hydroxyl groups is 3. The third-order valence-electron chi connectivity index (χ3n) is 2.32. The summed E-state index contributed by atoms with van der Waals surface area (Å²) < 4.78 is 0. The van der Waals surface area contributed by atoms with Crippen molar-refractivity contribution in [3.8, 4) is 17.2 Å². The maximum absolute atomic E-state index is 11.6. The molecule has 0 bridgehead atoms. The smallest absolute Gasteiger partial charge is 0.271 e. The molecule has 0 saturated carbocycles. The summed E-state index contributed by atoms with van der Waals surface area (Å²) in [5.41, 5.74) is 2.89. The van der Waals surface area contributed by atoms with Gasteiger partial charge in [-0.15, -0.1) is 0 Å². The fourth-order valence-electron chi connectivity index (χ4n) is 1.38. The maximum Gasteiger partial charge on any atom is 0.271 e. The molecule has 0 radical (unpaired) electrons. The largest absolute Gasteiger partial charge is 0.504 e. The van der Waals surface area contributed by atoms with E-state index in [9.17, 15) is 15.0 Å². The molecule has 1 aromatic heterocycles. The molecule has 0 saturated heterocycles. The van der Waals surface area contributed by atoms with E-state index in [0.29, 0.717) is 5.69 Å². The topological polar surface area (TPSA) is 118 Å². The number of aromatic amines is 1. The summed E-state index contributed by atoms with van der Waals surface area (Å²) in [5, 5.41) is 31.4. The molecule has 0 atom stereocenters. The molecule has 0 unspecified atom stereocenters. The molecule has 0 aliphatic rings. The summed E-state index contributed by atoms with van der Waals surface area (Å²) in [7, 11) is 0. The van der Waals surface area contributed by atoms with Gasteiger partial charge in [0.25, 0.3) is 5.91 Å². The number of benzene rings is 1. The highest BCUT2D eigenvalue weighted by molar-refractivity contribution is 5.96. The van der Waals surface area contributed by atoms with Crippen molar-refractivity contribution in [1.29, 1.82) is 0 Å². The second-order valence-corrected chi connectivity index (χ2v) is 3.69. The lowest BCUT2D eigenvalue weighted by Gasteiger charge is -2.04. The van der Waals surface area contributed by atoms with Gasteiger partial charge in [-0.2, -0.15) is 5.10 Å². The minimum Gasteiger partial charge on any atom is -0.504 e. The van der Waals surface area contributed by atoms with Crippen LogP contribution in [0.3, 0.4) is 0 Å². The number of phenolic OH excluding ortho intramolecular Hbond substituents is 3. The zero-order valence-electron chi connectivity index (χ0n) is 9.66. The van der Waals surface area contributed by atoms with Crippen LogP contribution in [0.15, 0.2) is 35.6 Å². The number of hydrogen-bond acceptors (Lipinski definition) is 5. The normalized spacial score (nSPS) is 10.7. The third-order valence-corrected chi connectivity index (χ3v) is 2.32. The van der Waals surface area contributed by atoms with E-state index in [0.717, 1.165) is 12.1 Å². The molecule has 1 aromatic carbocycles. The average Bonchev–Trinajstić information content (AvgIpc) is 2.88. The first kappa shape index (κ1) is 12.5. The number of nitrogens with zero attached hydrogens (tertiary/aromatic N) is 1. The first-order valence-electron chi connectivity index (χ1n) is 5.29. The summed E-state index contributed by atoms with van der Waals surface area (Å²) in [6.45, 7) is 0. The van der Waals surface area contributed by atoms with Crippen molar-refractivity contribution in [3.63, 3.8) is 0 Å². The van der Waals surface area contributed by atoms with Gasteiger partial charge in [0, 0.05) is 11.8 Å². The monoisotopic (exact) mass is 261 g/mol. The number of carbonyl (C=O) groups is 1. The number of H-pyrrole nitrogens is 1. The predicted molar refractivity (Wildman–Crippen MR) is 67.3 cm³/mol. The summed E-state index contributed by atoms with van der Waals surface area (Å²) in [4.78, 5) is 14.5. The Morgan fingerprint density at radius 2 is 1.95 bits per heavy atom. The Balaban J connectivity index is 2.08. The number of aromatic nitrogens is 1. The lowest BCUT2D eigenvalue weighted by molar-refractivity contribution is 0.0954. The summed E-state index contributed by atoms with van der Waals surface area (Å²) in [6.07, 6.45) is 3.11. The molecule has 5 N–H and O–H groups in total. The van der Waals surface area contributed by atoms with Gasteiger partial charge in [0.2, 0.25) is 0 Å². The number of phenols is 3. The highest BCUT2D eigenvalue weighted by atomic mass is 16.3. The van der Waals surface area contributed by atoms with Crippen LogP contribution in [0.1, 0.15) is 16.1 Å². The van der Waals surface area contributed by atoms with E-state index in [1.165, 1.54) is 6.21 Å². The van der Waals surface area contributed by atoms with Gasteiger partial charge in [0.15, 0.2) is 17.2 Å². The molecular formula is C12H11N3O4. The van der Waals surface area contributed by atoms with Crippen molar-refractivity contribution in [2.24, 2.45) is 5.10 Å². The Morgan fingerprint density at radius 1 is 1.26 bits per heavy atom. The van der Waals surface area contributed by atoms with Crippen LogP contribution >= 0.6 is 0 Å². The summed E-state index contributed by atoms with van der Waals surface area (Å²) in [6, 6.07) is 5.58. The molecule has 1 amide bonds. The number of nitrogens with one attached hydrogen (secondary N) is 2. The van der Waals surface area contributed by atoms with Gasteiger partial charge in [-0.1, -0.05) is 0 Å². The van der Waals surface area contributed by atoms with Crippen molar-refractivity contribution in [3.05, 3.63) is 41.7 Å². The standard InChI is InChI=1S/C12H11N3O4/c16-9-4-7(5-10(17)11(9)18)12(19)15-14-6-8-2-1-3-13-8/h1-6,13,16-18H,(H,15,19)/b14-6+. The fraction of sp³-hybridized carbons (Fsp3) is 0. The van der Waals surface area contributed by atoms with E-state index < -0.39 is 23.2 Å². The van der Waals surface area contributed by atoms with Crippen molar-refractivity contribution in [2.75, 3.05) is 0 Å². The van der Waals surface area contributed by atoms with E-state index in [-0.39, 0.29) is 5.56 Å². The molecule has 7 heteroatoms. The number of rotatable bonds is 3. The SMILES string of the molecule is O=C(N/N=C/c1ccc[nH]1)c1cc(O)c(O)c(O)c1. The molecule has 19 heavy (non-hydrogen) atoms. The molecule has 0 aliphatic carbocycles. The third kappa shape index (κ3) is 2.83. The first-order valence-corrected chi connectivity index (χ1v) is 5.29. The highest BCUT2D eigenvalue weighted by Gasteiger charge is 2.12. The number of amides is 1. The molecule has 7 nitrogen and oxygen atoms in total. The predicted octanol–water partition coefficient (Wildman–Crippen LogP) is 0.895. The lowest BCUT2D eigenvalue weighted by Crippen LogP contribution is -2.17. The van der Waals surface area contributed by atoms with Crippen LogP contribution in [0.2, 0.25) is 0 Å². The van der Waals surface area contributed by atoms with E-state index >= 15 is 0 Å². The van der Waals surface area contributed by atoms with Gasteiger partial charge in [-0.05, 0) is 24.3 Å². The molecule has 0 aliphatic heterocycles. The van der Waals surface area contributed by atoms with Crippen LogP contribution in [0.25, 0.3) is 0 Å². The number of carbonyl (C=O) groups excluding carboxylic acids is 1. The second kappa shape index (κ2) is 5.13. The van der Waals surface area contributed by atoms with E-state index in [4.69, 9.17) is 5.11 Å². The van der Waals surface area contributed by atoms with Gasteiger partial charge in [-0.25, -0.2) is 5.43 Å².